The molecule has 43 heavy (non-hydrogen) atoms. The van der Waals surface area contributed by atoms with Crippen LogP contribution in [-0.4, -0.2) is 26.1 Å². The maximum absolute atomic E-state index is 13.8. The van der Waals surface area contributed by atoms with Crippen LogP contribution in [0.25, 0.3) is 5.69 Å². The van der Waals surface area contributed by atoms with E-state index in [0.29, 0.717) is 22.0 Å². The van der Waals surface area contributed by atoms with Crippen LogP contribution in [0, 0.1) is 17.0 Å². The minimum absolute atomic E-state index is 0.107. The van der Waals surface area contributed by atoms with Crippen LogP contribution >= 0.6 is 11.8 Å². The molecule has 0 radical (unpaired) electrons. The van der Waals surface area contributed by atoms with Gasteiger partial charge in [0.1, 0.15) is 10.9 Å². The molecule has 0 spiro atoms. The van der Waals surface area contributed by atoms with Crippen LogP contribution in [0.3, 0.4) is 0 Å². The third kappa shape index (κ3) is 6.41. The molecule has 216 valence electrons. The van der Waals surface area contributed by atoms with Crippen LogP contribution in [0.2, 0.25) is 0 Å². The van der Waals surface area contributed by atoms with E-state index < -0.39 is 16.1 Å². The Morgan fingerprint density at radius 2 is 1.51 bits per heavy atom. The second-order valence-corrected chi connectivity index (χ2v) is 10.8. The molecule has 2 amide bonds. The Balaban J connectivity index is 1.39. The lowest BCUT2D eigenvalue weighted by molar-refractivity contribution is -0.384. The van der Waals surface area contributed by atoms with Gasteiger partial charge in [0, 0.05) is 35.3 Å². The van der Waals surface area contributed by atoms with Gasteiger partial charge in [-0.3, -0.25) is 29.2 Å². The molecule has 0 bridgehead atoms. The minimum Gasteiger partial charge on any atom is -0.322 e. The number of aromatic nitrogens is 2. The Morgan fingerprint density at radius 3 is 2.16 bits per heavy atom. The number of carbonyl (C=O) groups is 2. The highest BCUT2D eigenvalue weighted by Crippen LogP contribution is 2.37. The number of hydrogen-bond donors (Lipinski definition) is 2. The number of thioether (sulfide) groups is 1. The molecule has 0 fully saturated rings. The van der Waals surface area contributed by atoms with E-state index in [-0.39, 0.29) is 28.4 Å². The fourth-order valence-corrected chi connectivity index (χ4v) is 5.61. The number of amides is 2. The number of para-hydroxylation sites is 1. The summed E-state index contributed by atoms with van der Waals surface area (Å²) in [5, 5.41) is 15.9. The molecule has 0 saturated carbocycles. The van der Waals surface area contributed by atoms with Crippen LogP contribution in [0.15, 0.2) is 119 Å². The Labute approximate surface area is 251 Å². The molecule has 10 nitrogen and oxygen atoms in total. The van der Waals surface area contributed by atoms with Crippen LogP contribution in [0.4, 0.5) is 17.1 Å². The van der Waals surface area contributed by atoms with Crippen LogP contribution in [0.1, 0.15) is 26.9 Å². The number of carbonyl (C=O) groups excluding carboxylic acids is 2. The largest absolute Gasteiger partial charge is 0.322 e. The molecular weight excluding hydrogens is 566 g/mol. The molecule has 1 heterocycles. The number of nitro groups is 1. The first-order valence-corrected chi connectivity index (χ1v) is 14.1. The molecular formula is C32H27N5O5S. The molecule has 0 aliphatic heterocycles. The summed E-state index contributed by atoms with van der Waals surface area (Å²) >= 11 is 1.28. The number of anilines is 2. The first kappa shape index (κ1) is 29.1. The second kappa shape index (κ2) is 12.6. The zero-order valence-electron chi connectivity index (χ0n) is 23.3. The summed E-state index contributed by atoms with van der Waals surface area (Å²) < 4.78 is 3.21. The first-order chi connectivity index (χ1) is 20.7. The van der Waals surface area contributed by atoms with Crippen molar-refractivity contribution in [2.24, 2.45) is 7.05 Å². The smallest absolute Gasteiger partial charge is 0.295 e. The van der Waals surface area contributed by atoms with Crippen LogP contribution in [0.5, 0.6) is 0 Å². The topological polar surface area (TPSA) is 128 Å². The van der Waals surface area contributed by atoms with Crippen molar-refractivity contribution in [3.8, 4) is 5.69 Å². The third-order valence-electron chi connectivity index (χ3n) is 6.83. The zero-order chi connectivity index (χ0) is 30.5. The molecule has 11 heteroatoms. The van der Waals surface area contributed by atoms with E-state index in [4.69, 9.17) is 0 Å². The summed E-state index contributed by atoms with van der Waals surface area (Å²) in [4.78, 5) is 51.1. The summed E-state index contributed by atoms with van der Waals surface area (Å²) in [6.07, 6.45) is 0. The summed E-state index contributed by atoms with van der Waals surface area (Å²) in [6.45, 7) is 1.78. The molecule has 5 rings (SSSR count). The molecule has 0 saturated heterocycles. The average Bonchev–Trinajstić information content (AvgIpc) is 3.23. The summed E-state index contributed by atoms with van der Waals surface area (Å²) in [5.41, 5.74) is 2.53. The van der Waals surface area contributed by atoms with Crippen molar-refractivity contribution in [1.29, 1.82) is 0 Å². The number of hydrogen-bond acceptors (Lipinski definition) is 6. The molecule has 0 aliphatic rings. The SMILES string of the molecule is Cc1c(NC(=O)C(Sc2cccc(NC(=O)c3ccc([N+](=O)[O-])cc3)c2)c2ccccc2)c(=O)n(-c2ccccc2)n1C. The number of nitrogens with zero attached hydrogens (tertiary/aromatic N) is 3. The van der Waals surface area contributed by atoms with Gasteiger partial charge in [-0.1, -0.05) is 54.6 Å². The number of benzene rings is 4. The monoisotopic (exact) mass is 593 g/mol. The molecule has 2 N–H and O–H groups in total. The summed E-state index contributed by atoms with van der Waals surface area (Å²) in [5.74, 6) is -0.800. The molecule has 4 aromatic carbocycles. The van der Waals surface area contributed by atoms with E-state index >= 15 is 0 Å². The lowest BCUT2D eigenvalue weighted by atomic mass is 10.1. The van der Waals surface area contributed by atoms with Gasteiger partial charge in [-0.25, -0.2) is 4.68 Å². The normalized spacial score (nSPS) is 11.5. The van der Waals surface area contributed by atoms with E-state index in [1.807, 2.05) is 66.7 Å². The molecule has 1 aromatic heterocycles. The molecule has 1 unspecified atom stereocenters. The third-order valence-corrected chi connectivity index (χ3v) is 8.08. The highest BCUT2D eigenvalue weighted by atomic mass is 32.2. The van der Waals surface area contributed by atoms with Gasteiger partial charge in [-0.15, -0.1) is 11.8 Å². The highest BCUT2D eigenvalue weighted by Gasteiger charge is 2.26. The molecule has 0 aliphatic carbocycles. The lowest BCUT2D eigenvalue weighted by Gasteiger charge is -2.17. The van der Waals surface area contributed by atoms with Crippen molar-refractivity contribution in [1.82, 2.24) is 9.36 Å². The molecule has 1 atom stereocenters. The number of non-ortho nitro benzene ring substituents is 1. The van der Waals surface area contributed by atoms with E-state index in [1.54, 1.807) is 36.9 Å². The number of nitrogens with one attached hydrogen (secondary N) is 2. The van der Waals surface area contributed by atoms with E-state index in [2.05, 4.69) is 10.6 Å². The van der Waals surface area contributed by atoms with E-state index in [0.717, 1.165) is 5.56 Å². The maximum Gasteiger partial charge on any atom is 0.295 e. The predicted molar refractivity (Wildman–Crippen MR) is 167 cm³/mol. The fourth-order valence-electron chi connectivity index (χ4n) is 4.52. The maximum atomic E-state index is 13.8. The predicted octanol–water partition coefficient (Wildman–Crippen LogP) is 6.12. The quantitative estimate of drug-likeness (QED) is 0.120. The van der Waals surface area contributed by atoms with Crippen LogP contribution in [-0.2, 0) is 11.8 Å². The summed E-state index contributed by atoms with van der Waals surface area (Å²) in [6, 6.07) is 30.8. The number of nitro benzene ring substituents is 1. The van der Waals surface area contributed by atoms with E-state index in [9.17, 15) is 24.5 Å². The lowest BCUT2D eigenvalue weighted by Crippen LogP contribution is -2.25. The van der Waals surface area contributed by atoms with Gasteiger partial charge in [0.15, 0.2) is 0 Å². The second-order valence-electron chi connectivity index (χ2n) is 9.62. The van der Waals surface area contributed by atoms with Crippen molar-refractivity contribution in [2.45, 2.75) is 17.1 Å². The fraction of sp³-hybridized carbons (Fsp3) is 0.0938. The van der Waals surface area contributed by atoms with E-state index in [1.165, 1.54) is 40.7 Å². The Hall–Kier alpha value is -5.42. The Kier molecular flexibility index (Phi) is 8.54. The Morgan fingerprint density at radius 1 is 0.860 bits per heavy atom. The highest BCUT2D eigenvalue weighted by molar-refractivity contribution is 8.00. The van der Waals surface area contributed by atoms with Gasteiger partial charge in [-0.05, 0) is 55.0 Å². The van der Waals surface area contributed by atoms with Gasteiger partial charge in [-0.2, -0.15) is 0 Å². The molecule has 5 aromatic rings. The standard InChI is InChI=1S/C32H27N5O5S/c1-21-28(32(40)36(35(21)2)25-13-7-4-8-14-25)34-31(39)29(22-10-5-3-6-11-22)43-27-15-9-12-24(20-27)33-30(38)23-16-18-26(19-17-23)37(41)42/h3-20,29H,1-2H3,(H,33,38)(H,34,39). The van der Waals surface area contributed by atoms with Crippen molar-refractivity contribution in [2.75, 3.05) is 10.6 Å². The van der Waals surface area contributed by atoms with Crippen molar-refractivity contribution in [3.05, 3.63) is 146 Å². The van der Waals surface area contributed by atoms with Crippen molar-refractivity contribution >= 4 is 40.6 Å². The van der Waals surface area contributed by atoms with Crippen LogP contribution < -0.4 is 16.2 Å². The van der Waals surface area contributed by atoms with Gasteiger partial charge in [0.05, 0.1) is 16.3 Å². The average molecular weight is 594 g/mol. The van der Waals surface area contributed by atoms with Gasteiger partial charge >= 0.3 is 0 Å². The van der Waals surface area contributed by atoms with Gasteiger partial charge < -0.3 is 10.6 Å². The van der Waals surface area contributed by atoms with Gasteiger partial charge in [0.25, 0.3) is 17.2 Å². The van der Waals surface area contributed by atoms with Crippen molar-refractivity contribution < 1.29 is 14.5 Å². The minimum atomic E-state index is -0.717. The summed E-state index contributed by atoms with van der Waals surface area (Å²) in [7, 11) is 1.76. The Bertz CT molecular complexity index is 1850. The van der Waals surface area contributed by atoms with Gasteiger partial charge in [0.2, 0.25) is 5.91 Å². The number of rotatable bonds is 9. The zero-order valence-corrected chi connectivity index (χ0v) is 24.1. The van der Waals surface area contributed by atoms with Crippen molar-refractivity contribution in [3.63, 3.8) is 0 Å². The first-order valence-electron chi connectivity index (χ1n) is 13.3.